The van der Waals surface area contributed by atoms with Gasteiger partial charge in [-0.15, -0.1) is 0 Å². The van der Waals surface area contributed by atoms with Crippen LogP contribution in [0.25, 0.3) is 0 Å². The molecule has 0 aliphatic rings. The fourth-order valence-electron chi connectivity index (χ4n) is 0.188. The molecule has 0 aliphatic heterocycles. The molecular formula is C4H4Br2Na2O4. The molecule has 8 heteroatoms. The van der Waals surface area contributed by atoms with Crippen LogP contribution in [0.15, 0.2) is 8.96 Å². The van der Waals surface area contributed by atoms with Crippen LogP contribution in [-0.4, -0.2) is 81.3 Å². The Bertz CT molecular complexity index is 193. The molecule has 0 aromatic heterocycles. The second-order valence-electron chi connectivity index (χ2n) is 1.24. The molecule has 0 fully saturated rings. The first-order chi connectivity index (χ1) is 4.46. The zero-order valence-electron chi connectivity index (χ0n) is 4.47. The molecule has 0 heterocycles. The van der Waals surface area contributed by atoms with Crippen molar-refractivity contribution in [1.29, 1.82) is 0 Å². The number of carbonyl (C=O) groups is 2. The van der Waals surface area contributed by atoms with E-state index in [4.69, 9.17) is 10.2 Å². The summed E-state index contributed by atoms with van der Waals surface area (Å²) < 4.78 is -0.806. The molecule has 0 saturated carbocycles. The number of carboxylic acid groups (broad SMARTS) is 2. The van der Waals surface area contributed by atoms with Crippen LogP contribution in [-0.2, 0) is 9.59 Å². The van der Waals surface area contributed by atoms with Gasteiger partial charge in [0.2, 0.25) is 0 Å². The number of halogens is 2. The van der Waals surface area contributed by atoms with E-state index < -0.39 is 20.9 Å². The molecule has 0 bridgehead atoms. The Hall–Kier alpha value is 1.64. The van der Waals surface area contributed by atoms with Crippen LogP contribution < -0.4 is 0 Å². The van der Waals surface area contributed by atoms with Crippen LogP contribution in [0.1, 0.15) is 0 Å². The van der Waals surface area contributed by atoms with Crippen LogP contribution in [0, 0.1) is 0 Å². The van der Waals surface area contributed by atoms with Crippen LogP contribution in [0.4, 0.5) is 0 Å². The SMILES string of the molecule is O=C(O)/C(Br)=C(/Br)C(=O)O.[NaH].[NaH]. The summed E-state index contributed by atoms with van der Waals surface area (Å²) in [5, 5.41) is 16.4. The number of carboxylic acids is 2. The van der Waals surface area contributed by atoms with Gasteiger partial charge in [0.1, 0.15) is 8.96 Å². The zero-order chi connectivity index (χ0) is 8.31. The molecule has 0 spiro atoms. The Labute approximate surface area is 130 Å². The second-order valence-corrected chi connectivity index (χ2v) is 2.82. The Kier molecular flexibility index (Phi) is 14.8. The van der Waals surface area contributed by atoms with Gasteiger partial charge in [-0.1, -0.05) is 0 Å². The molecule has 2 N–H and O–H groups in total. The summed E-state index contributed by atoms with van der Waals surface area (Å²) >= 11 is 5.12. The van der Waals surface area contributed by atoms with Crippen molar-refractivity contribution in [3.05, 3.63) is 8.96 Å². The molecule has 0 rings (SSSR count). The fraction of sp³-hybridized carbons (Fsp3) is 0. The summed E-state index contributed by atoms with van der Waals surface area (Å²) in [5.41, 5.74) is 0. The van der Waals surface area contributed by atoms with E-state index in [-0.39, 0.29) is 59.1 Å². The molecule has 0 radical (unpaired) electrons. The molecule has 0 aromatic carbocycles. The Morgan fingerprint density at radius 2 is 1.00 bits per heavy atom. The summed E-state index contributed by atoms with van der Waals surface area (Å²) in [6, 6.07) is 0. The summed E-state index contributed by atoms with van der Waals surface area (Å²) in [7, 11) is 0. The predicted octanol–water partition coefficient (Wildman–Crippen LogP) is -0.140. The van der Waals surface area contributed by atoms with E-state index in [2.05, 4.69) is 31.9 Å². The average Bonchev–Trinajstić information content (AvgIpc) is 1.84. The van der Waals surface area contributed by atoms with E-state index >= 15 is 0 Å². The Morgan fingerprint density at radius 1 is 0.833 bits per heavy atom. The molecule has 12 heavy (non-hydrogen) atoms. The van der Waals surface area contributed by atoms with Crippen LogP contribution in [0.2, 0.25) is 0 Å². The van der Waals surface area contributed by atoms with Gasteiger partial charge in [-0.05, 0) is 31.9 Å². The Morgan fingerprint density at radius 3 is 1.08 bits per heavy atom. The standard InChI is InChI=1S/C4H2Br2O4.2Na.2H/c5-1(3(7)8)2(6)4(9)10;;;;/h(H,7,8)(H,9,10);;;;/b2-1-;;;;. The van der Waals surface area contributed by atoms with Gasteiger partial charge in [0, 0.05) is 0 Å². The number of rotatable bonds is 2. The van der Waals surface area contributed by atoms with Gasteiger partial charge in [0.25, 0.3) is 0 Å². The van der Waals surface area contributed by atoms with E-state index in [9.17, 15) is 9.59 Å². The third-order valence-corrected chi connectivity index (χ3v) is 2.57. The van der Waals surface area contributed by atoms with Gasteiger partial charge < -0.3 is 10.2 Å². The normalized spacial score (nSPS) is 10.2. The van der Waals surface area contributed by atoms with Crippen molar-refractivity contribution in [3.8, 4) is 0 Å². The minimum atomic E-state index is -1.32. The van der Waals surface area contributed by atoms with Gasteiger partial charge in [-0.2, -0.15) is 0 Å². The zero-order valence-corrected chi connectivity index (χ0v) is 7.64. The van der Waals surface area contributed by atoms with Gasteiger partial charge in [0.05, 0.1) is 0 Å². The molecule has 0 amide bonds. The molecule has 0 aliphatic carbocycles. The van der Waals surface area contributed by atoms with Crippen molar-refractivity contribution in [3.63, 3.8) is 0 Å². The van der Waals surface area contributed by atoms with E-state index in [0.29, 0.717) is 0 Å². The van der Waals surface area contributed by atoms with Crippen LogP contribution >= 0.6 is 31.9 Å². The van der Waals surface area contributed by atoms with Crippen LogP contribution in [0.5, 0.6) is 0 Å². The van der Waals surface area contributed by atoms with Crippen molar-refractivity contribution >= 4 is 103 Å². The van der Waals surface area contributed by atoms with E-state index in [1.54, 1.807) is 0 Å². The summed E-state index contributed by atoms with van der Waals surface area (Å²) in [6.07, 6.45) is 0. The van der Waals surface area contributed by atoms with Gasteiger partial charge >= 0.3 is 71.1 Å². The first-order valence-corrected chi connectivity index (χ1v) is 3.57. The van der Waals surface area contributed by atoms with E-state index in [0.717, 1.165) is 0 Å². The minimum absolute atomic E-state index is 0. The van der Waals surface area contributed by atoms with Gasteiger partial charge in [0.15, 0.2) is 0 Å². The van der Waals surface area contributed by atoms with Crippen LogP contribution in [0.3, 0.4) is 0 Å². The van der Waals surface area contributed by atoms with Gasteiger partial charge in [-0.25, -0.2) is 9.59 Å². The summed E-state index contributed by atoms with van der Waals surface area (Å²) in [5.74, 6) is -2.65. The maximum absolute atomic E-state index is 10.0. The van der Waals surface area contributed by atoms with Crippen molar-refractivity contribution in [1.82, 2.24) is 0 Å². The third kappa shape index (κ3) is 7.08. The van der Waals surface area contributed by atoms with E-state index in [1.165, 1.54) is 0 Å². The first-order valence-electron chi connectivity index (χ1n) is 1.98. The number of hydrogen-bond acceptors (Lipinski definition) is 2. The molecule has 0 unspecified atom stereocenters. The topological polar surface area (TPSA) is 74.6 Å². The van der Waals surface area contributed by atoms with E-state index in [1.807, 2.05) is 0 Å². The third-order valence-electron chi connectivity index (χ3n) is 0.568. The Balaban J connectivity index is -0.000000405. The monoisotopic (exact) mass is 320 g/mol. The molecule has 0 atom stereocenters. The molecular weight excluding hydrogens is 318 g/mol. The molecule has 0 saturated heterocycles. The molecule has 4 nitrogen and oxygen atoms in total. The number of hydrogen-bond donors (Lipinski definition) is 2. The second kappa shape index (κ2) is 9.21. The van der Waals surface area contributed by atoms with Crippen molar-refractivity contribution in [2.75, 3.05) is 0 Å². The maximum atomic E-state index is 10.0. The van der Waals surface area contributed by atoms with Crippen molar-refractivity contribution < 1.29 is 19.8 Å². The summed E-state index contributed by atoms with van der Waals surface area (Å²) in [6.45, 7) is 0. The van der Waals surface area contributed by atoms with Gasteiger partial charge in [-0.3, -0.25) is 0 Å². The van der Waals surface area contributed by atoms with Crippen molar-refractivity contribution in [2.24, 2.45) is 0 Å². The summed E-state index contributed by atoms with van der Waals surface area (Å²) in [4.78, 5) is 20.1. The fourth-order valence-corrected chi connectivity index (χ4v) is 0.527. The molecule has 0 aromatic rings. The number of aliphatic carboxylic acids is 2. The quantitative estimate of drug-likeness (QED) is 0.548. The predicted molar refractivity (Wildman–Crippen MR) is 54.4 cm³/mol. The first kappa shape index (κ1) is 19.2. The molecule has 60 valence electrons. The van der Waals surface area contributed by atoms with Crippen molar-refractivity contribution in [2.45, 2.75) is 0 Å². The average molecular weight is 322 g/mol.